The summed E-state index contributed by atoms with van der Waals surface area (Å²) in [5.74, 6) is 1.81. The molecule has 0 unspecified atom stereocenters. The molecule has 60 valence electrons. The third-order valence-electron chi connectivity index (χ3n) is 3.63. The monoisotopic (exact) mass is 152 g/mol. The van der Waals surface area contributed by atoms with Crippen molar-refractivity contribution in [2.24, 2.45) is 17.8 Å². The van der Waals surface area contributed by atoms with E-state index in [0.717, 1.165) is 18.8 Å². The average molecular weight is 152 g/mol. The van der Waals surface area contributed by atoms with E-state index in [-0.39, 0.29) is 5.97 Å². The van der Waals surface area contributed by atoms with Gasteiger partial charge < -0.3 is 4.74 Å². The van der Waals surface area contributed by atoms with Crippen LogP contribution in [0.15, 0.2) is 0 Å². The molecule has 0 N–H and O–H groups in total. The zero-order valence-electron chi connectivity index (χ0n) is 6.45. The smallest absolute Gasteiger partial charge is 0.309 e. The van der Waals surface area contributed by atoms with Gasteiger partial charge in [0.1, 0.15) is 6.10 Å². The highest BCUT2D eigenvalue weighted by Crippen LogP contribution is 2.50. The Morgan fingerprint density at radius 2 is 2.18 bits per heavy atom. The molecular formula is C9H12O2. The van der Waals surface area contributed by atoms with Gasteiger partial charge in [0.25, 0.3) is 0 Å². The van der Waals surface area contributed by atoms with E-state index in [1.54, 1.807) is 0 Å². The summed E-state index contributed by atoms with van der Waals surface area (Å²) in [6.07, 6.45) is 5.19. The maximum atomic E-state index is 11.2. The number of esters is 1. The highest BCUT2D eigenvalue weighted by molar-refractivity contribution is 5.75. The third-order valence-corrected chi connectivity index (χ3v) is 3.63. The standard InChI is InChI=1S/C9H12O2/c10-9-7-3-5-1-2-6(7)8(4-5)11-9/h5-8H,1-4H2/t5-,6+,7-,8-/m0/s1. The second kappa shape index (κ2) is 1.79. The molecule has 4 fully saturated rings. The van der Waals surface area contributed by atoms with Gasteiger partial charge in [0, 0.05) is 5.92 Å². The maximum absolute atomic E-state index is 11.2. The Morgan fingerprint density at radius 3 is 2.82 bits per heavy atom. The second-order valence-corrected chi connectivity index (χ2v) is 4.16. The Morgan fingerprint density at radius 1 is 1.27 bits per heavy atom. The van der Waals surface area contributed by atoms with Crippen LogP contribution in [-0.4, -0.2) is 12.1 Å². The Bertz CT molecular complexity index is 212. The van der Waals surface area contributed by atoms with E-state index in [0.29, 0.717) is 17.9 Å². The number of ether oxygens (including phenoxy) is 1. The third kappa shape index (κ3) is 0.652. The summed E-state index contributed by atoms with van der Waals surface area (Å²) in [7, 11) is 0. The van der Waals surface area contributed by atoms with Crippen LogP contribution < -0.4 is 0 Å². The molecule has 0 aromatic heterocycles. The normalized spacial score (nSPS) is 52.9. The van der Waals surface area contributed by atoms with Crippen LogP contribution >= 0.6 is 0 Å². The Hall–Kier alpha value is -0.530. The van der Waals surface area contributed by atoms with Gasteiger partial charge in [0.2, 0.25) is 0 Å². The molecule has 4 aliphatic rings. The van der Waals surface area contributed by atoms with Gasteiger partial charge in [-0.05, 0) is 31.6 Å². The van der Waals surface area contributed by atoms with Gasteiger partial charge >= 0.3 is 5.97 Å². The lowest BCUT2D eigenvalue weighted by molar-refractivity contribution is -0.143. The number of carbonyl (C=O) groups excluding carboxylic acids is 1. The lowest BCUT2D eigenvalue weighted by Gasteiger charge is -2.38. The van der Waals surface area contributed by atoms with E-state index in [9.17, 15) is 4.79 Å². The lowest BCUT2D eigenvalue weighted by atomic mass is 9.65. The first-order chi connectivity index (χ1) is 5.34. The predicted octanol–water partition coefficient (Wildman–Crippen LogP) is 1.35. The molecule has 3 aliphatic carbocycles. The van der Waals surface area contributed by atoms with Crippen molar-refractivity contribution in [1.82, 2.24) is 0 Å². The van der Waals surface area contributed by atoms with Crippen molar-refractivity contribution in [2.75, 3.05) is 0 Å². The van der Waals surface area contributed by atoms with Crippen LogP contribution in [-0.2, 0) is 9.53 Å². The van der Waals surface area contributed by atoms with E-state index >= 15 is 0 Å². The number of hydrogen-bond acceptors (Lipinski definition) is 2. The van der Waals surface area contributed by atoms with Crippen molar-refractivity contribution in [3.8, 4) is 0 Å². The molecule has 11 heavy (non-hydrogen) atoms. The van der Waals surface area contributed by atoms with Gasteiger partial charge in [-0.1, -0.05) is 0 Å². The SMILES string of the molecule is O=C1O[C@H]2C[C@H]3CC[C@@H]2[C@@H]1C3. The summed E-state index contributed by atoms with van der Waals surface area (Å²) in [5.41, 5.74) is 0. The molecule has 3 saturated carbocycles. The summed E-state index contributed by atoms with van der Waals surface area (Å²) in [6.45, 7) is 0. The molecule has 1 heterocycles. The maximum Gasteiger partial charge on any atom is 0.309 e. The average Bonchev–Trinajstić information content (AvgIpc) is 2.25. The van der Waals surface area contributed by atoms with Gasteiger partial charge in [-0.2, -0.15) is 0 Å². The highest BCUT2D eigenvalue weighted by Gasteiger charge is 2.52. The molecular weight excluding hydrogens is 140 g/mol. The summed E-state index contributed by atoms with van der Waals surface area (Å²) in [5, 5.41) is 0. The first-order valence-electron chi connectivity index (χ1n) is 4.55. The van der Waals surface area contributed by atoms with E-state index in [2.05, 4.69) is 0 Å². The highest BCUT2D eigenvalue weighted by atomic mass is 16.6. The number of carbonyl (C=O) groups is 1. The molecule has 0 amide bonds. The summed E-state index contributed by atoms with van der Waals surface area (Å²) in [6, 6.07) is 0. The van der Waals surface area contributed by atoms with E-state index in [1.807, 2.05) is 0 Å². The van der Waals surface area contributed by atoms with Crippen LogP contribution in [0.3, 0.4) is 0 Å². The van der Waals surface area contributed by atoms with Crippen molar-refractivity contribution in [3.63, 3.8) is 0 Å². The van der Waals surface area contributed by atoms with Crippen LogP contribution in [0.2, 0.25) is 0 Å². The van der Waals surface area contributed by atoms with Crippen LogP contribution in [0.5, 0.6) is 0 Å². The van der Waals surface area contributed by atoms with Crippen LogP contribution in [0.1, 0.15) is 25.7 Å². The first-order valence-corrected chi connectivity index (χ1v) is 4.55. The second-order valence-electron chi connectivity index (χ2n) is 4.16. The van der Waals surface area contributed by atoms with E-state index < -0.39 is 0 Å². The lowest BCUT2D eigenvalue weighted by Crippen LogP contribution is -2.36. The minimum absolute atomic E-state index is 0.0993. The predicted molar refractivity (Wildman–Crippen MR) is 38.8 cm³/mol. The van der Waals surface area contributed by atoms with Crippen molar-refractivity contribution in [2.45, 2.75) is 31.8 Å². The van der Waals surface area contributed by atoms with Crippen LogP contribution in [0, 0.1) is 17.8 Å². The van der Waals surface area contributed by atoms with Crippen LogP contribution in [0.25, 0.3) is 0 Å². The number of fused-ring (bicyclic) bond motifs is 1. The fourth-order valence-electron chi connectivity index (χ4n) is 3.09. The summed E-state index contributed by atoms with van der Waals surface area (Å²) in [4.78, 5) is 11.2. The van der Waals surface area contributed by atoms with Crippen molar-refractivity contribution >= 4 is 5.97 Å². The number of hydrogen-bond donors (Lipinski definition) is 0. The van der Waals surface area contributed by atoms with E-state index in [1.165, 1.54) is 12.8 Å². The molecule has 0 aromatic carbocycles. The molecule has 2 heteroatoms. The van der Waals surface area contributed by atoms with Crippen molar-refractivity contribution in [1.29, 1.82) is 0 Å². The van der Waals surface area contributed by atoms with Gasteiger partial charge in [0.05, 0.1) is 5.92 Å². The largest absolute Gasteiger partial charge is 0.462 e. The summed E-state index contributed by atoms with van der Waals surface area (Å²) >= 11 is 0. The molecule has 0 radical (unpaired) electrons. The topological polar surface area (TPSA) is 26.3 Å². The first kappa shape index (κ1) is 6.04. The van der Waals surface area contributed by atoms with Crippen molar-refractivity contribution < 1.29 is 9.53 Å². The zero-order valence-corrected chi connectivity index (χ0v) is 6.45. The fourth-order valence-corrected chi connectivity index (χ4v) is 3.09. The number of rotatable bonds is 0. The molecule has 4 rings (SSSR count). The van der Waals surface area contributed by atoms with Gasteiger partial charge in [-0.3, -0.25) is 4.79 Å². The van der Waals surface area contributed by atoms with Crippen LogP contribution in [0.4, 0.5) is 0 Å². The quantitative estimate of drug-likeness (QED) is 0.490. The molecule has 0 aromatic rings. The Kier molecular flexibility index (Phi) is 0.984. The molecule has 4 atom stereocenters. The van der Waals surface area contributed by atoms with Gasteiger partial charge in [-0.25, -0.2) is 0 Å². The molecule has 4 bridgehead atoms. The minimum atomic E-state index is 0.0993. The Balaban J connectivity index is 1.99. The minimum Gasteiger partial charge on any atom is -0.462 e. The molecule has 0 spiro atoms. The molecule has 2 nitrogen and oxygen atoms in total. The Labute approximate surface area is 65.9 Å². The fraction of sp³-hybridized carbons (Fsp3) is 0.889. The molecule has 1 aliphatic heterocycles. The molecule has 1 saturated heterocycles. The summed E-state index contributed by atoms with van der Waals surface area (Å²) < 4.78 is 5.28. The van der Waals surface area contributed by atoms with Gasteiger partial charge in [-0.15, -0.1) is 0 Å². The zero-order chi connectivity index (χ0) is 7.42. The van der Waals surface area contributed by atoms with Crippen molar-refractivity contribution in [3.05, 3.63) is 0 Å². The van der Waals surface area contributed by atoms with E-state index in [4.69, 9.17) is 4.74 Å². The van der Waals surface area contributed by atoms with Gasteiger partial charge in [0.15, 0.2) is 0 Å².